The van der Waals surface area contributed by atoms with Gasteiger partial charge in [0.05, 0.1) is 16.4 Å². The van der Waals surface area contributed by atoms with Gasteiger partial charge in [0, 0.05) is 17.4 Å². The smallest absolute Gasteiger partial charge is 0.246 e. The van der Waals surface area contributed by atoms with Crippen LogP contribution in [0.4, 0.5) is 5.69 Å². The molecule has 1 aliphatic heterocycles. The van der Waals surface area contributed by atoms with Crippen LogP contribution in [0.3, 0.4) is 0 Å². The van der Waals surface area contributed by atoms with Gasteiger partial charge >= 0.3 is 0 Å². The molecule has 1 atom stereocenters. The number of carbonyl (C=O) groups excluding carboxylic acids is 1. The van der Waals surface area contributed by atoms with Crippen molar-refractivity contribution in [1.82, 2.24) is 15.1 Å². The second-order valence-corrected chi connectivity index (χ2v) is 5.17. The highest BCUT2D eigenvalue weighted by Crippen LogP contribution is 2.32. The first-order chi connectivity index (χ1) is 9.60. The predicted molar refractivity (Wildman–Crippen MR) is 78.4 cm³/mol. The van der Waals surface area contributed by atoms with E-state index in [1.807, 2.05) is 32.0 Å². The molecule has 2 aromatic rings. The Hall–Kier alpha value is -1.85. The van der Waals surface area contributed by atoms with Gasteiger partial charge in [0.1, 0.15) is 6.04 Å². The number of nitrogens with one attached hydrogen (secondary N) is 2. The lowest BCUT2D eigenvalue weighted by Crippen LogP contribution is -2.27. The molecule has 2 heterocycles. The second-order valence-electron chi connectivity index (χ2n) is 4.76. The Kier molecular flexibility index (Phi) is 3.23. The molecule has 0 spiro atoms. The van der Waals surface area contributed by atoms with Crippen molar-refractivity contribution < 1.29 is 4.79 Å². The molecule has 6 heteroatoms. The molecule has 1 aliphatic rings. The van der Waals surface area contributed by atoms with Gasteiger partial charge in [-0.15, -0.1) is 0 Å². The monoisotopic (exact) mass is 290 g/mol. The number of rotatable bonds is 3. The fraction of sp³-hybridized carbons (Fsp3) is 0.286. The minimum absolute atomic E-state index is 0.0197. The molecule has 20 heavy (non-hydrogen) atoms. The third kappa shape index (κ3) is 2.09. The number of anilines is 1. The lowest BCUT2D eigenvalue weighted by atomic mass is 10.1. The first-order valence-corrected chi connectivity index (χ1v) is 6.88. The number of nitrogens with zero attached hydrogens (tertiary/aromatic N) is 2. The van der Waals surface area contributed by atoms with E-state index < -0.39 is 0 Å². The molecule has 1 amide bonds. The Morgan fingerprint density at radius 2 is 2.30 bits per heavy atom. The van der Waals surface area contributed by atoms with E-state index in [4.69, 9.17) is 11.6 Å². The molecular weight excluding hydrogens is 276 g/mol. The van der Waals surface area contributed by atoms with Gasteiger partial charge in [0.15, 0.2) is 0 Å². The molecule has 1 aromatic heterocycles. The van der Waals surface area contributed by atoms with Crippen molar-refractivity contribution in [3.8, 4) is 5.69 Å². The summed E-state index contributed by atoms with van der Waals surface area (Å²) in [7, 11) is 0. The van der Waals surface area contributed by atoms with Gasteiger partial charge in [-0.3, -0.25) is 4.79 Å². The number of hydrogen-bond acceptors (Lipinski definition) is 3. The number of fused-ring (bicyclic) bond motifs is 1. The van der Waals surface area contributed by atoms with E-state index in [1.165, 1.54) is 0 Å². The average molecular weight is 291 g/mol. The third-order valence-corrected chi connectivity index (χ3v) is 3.75. The Balaban J connectivity index is 1.99. The van der Waals surface area contributed by atoms with Crippen LogP contribution in [-0.2, 0) is 4.79 Å². The summed E-state index contributed by atoms with van der Waals surface area (Å²) in [6.07, 6.45) is 1.76. The normalized spacial score (nSPS) is 17.1. The highest BCUT2D eigenvalue weighted by molar-refractivity contribution is 6.31. The molecule has 0 radical (unpaired) electrons. The van der Waals surface area contributed by atoms with E-state index in [1.54, 1.807) is 10.9 Å². The van der Waals surface area contributed by atoms with Gasteiger partial charge in [0.25, 0.3) is 0 Å². The van der Waals surface area contributed by atoms with Crippen LogP contribution in [0.25, 0.3) is 5.69 Å². The highest BCUT2D eigenvalue weighted by atomic mass is 35.5. The average Bonchev–Trinajstić information content (AvgIpc) is 2.91. The molecule has 0 fully saturated rings. The van der Waals surface area contributed by atoms with Crippen molar-refractivity contribution >= 4 is 23.2 Å². The summed E-state index contributed by atoms with van der Waals surface area (Å²) < 4.78 is 1.71. The van der Waals surface area contributed by atoms with Gasteiger partial charge in [-0.05, 0) is 25.6 Å². The number of aromatic nitrogens is 2. The number of benzene rings is 1. The fourth-order valence-electron chi connectivity index (χ4n) is 2.37. The van der Waals surface area contributed by atoms with Crippen LogP contribution in [-0.4, -0.2) is 22.2 Å². The van der Waals surface area contributed by atoms with Crippen LogP contribution < -0.4 is 10.6 Å². The quantitative estimate of drug-likeness (QED) is 0.913. The van der Waals surface area contributed by atoms with Gasteiger partial charge < -0.3 is 10.6 Å². The predicted octanol–water partition coefficient (Wildman–Crippen LogP) is 2.44. The molecule has 1 unspecified atom stereocenters. The van der Waals surface area contributed by atoms with E-state index in [-0.39, 0.29) is 11.9 Å². The molecule has 2 N–H and O–H groups in total. The maximum Gasteiger partial charge on any atom is 0.246 e. The van der Waals surface area contributed by atoms with Crippen LogP contribution in [0.2, 0.25) is 5.02 Å². The second kappa shape index (κ2) is 4.92. The lowest BCUT2D eigenvalue weighted by Gasteiger charge is -2.09. The maximum absolute atomic E-state index is 11.9. The Bertz CT molecular complexity index is 660. The lowest BCUT2D eigenvalue weighted by molar-refractivity contribution is -0.117. The van der Waals surface area contributed by atoms with E-state index in [2.05, 4.69) is 15.7 Å². The van der Waals surface area contributed by atoms with Crippen molar-refractivity contribution in [2.75, 3.05) is 11.9 Å². The van der Waals surface area contributed by atoms with Crippen LogP contribution in [0.15, 0.2) is 24.4 Å². The van der Waals surface area contributed by atoms with Crippen LogP contribution in [0.1, 0.15) is 24.2 Å². The van der Waals surface area contributed by atoms with Gasteiger partial charge in [-0.1, -0.05) is 24.6 Å². The summed E-state index contributed by atoms with van der Waals surface area (Å²) in [6, 6.07) is 5.52. The Labute approximate surface area is 121 Å². The number of carbonyl (C=O) groups is 1. The standard InChI is InChI=1S/C14H15ClN4O/c1-3-16-13-10-5-4-9(6-12(10)17-14(13)20)19-7-11(15)8(2)18-19/h4-7,13,16H,3H2,1-2H3,(H,17,20). The van der Waals surface area contributed by atoms with Crippen LogP contribution in [0, 0.1) is 6.92 Å². The largest absolute Gasteiger partial charge is 0.324 e. The summed E-state index contributed by atoms with van der Waals surface area (Å²) in [5, 5.41) is 11.0. The summed E-state index contributed by atoms with van der Waals surface area (Å²) in [6.45, 7) is 4.58. The minimum Gasteiger partial charge on any atom is -0.324 e. The maximum atomic E-state index is 11.9. The summed E-state index contributed by atoms with van der Waals surface area (Å²) in [4.78, 5) is 11.9. The number of aryl methyl sites for hydroxylation is 1. The first-order valence-electron chi connectivity index (χ1n) is 6.50. The number of hydrogen-bond donors (Lipinski definition) is 2. The molecular formula is C14H15ClN4O. The topological polar surface area (TPSA) is 59.0 Å². The van der Waals surface area contributed by atoms with Crippen LogP contribution in [0.5, 0.6) is 0 Å². The Morgan fingerprint density at radius 3 is 2.95 bits per heavy atom. The Morgan fingerprint density at radius 1 is 1.50 bits per heavy atom. The van der Waals surface area contributed by atoms with Crippen molar-refractivity contribution in [2.24, 2.45) is 0 Å². The molecule has 3 rings (SSSR count). The number of likely N-dealkylation sites (N-methyl/N-ethyl adjacent to an activating group) is 1. The molecule has 104 valence electrons. The van der Waals surface area contributed by atoms with E-state index in [9.17, 15) is 4.79 Å². The summed E-state index contributed by atoms with van der Waals surface area (Å²) in [5.41, 5.74) is 3.44. The van der Waals surface area contributed by atoms with Crippen molar-refractivity contribution in [3.05, 3.63) is 40.7 Å². The van der Waals surface area contributed by atoms with E-state index in [0.717, 1.165) is 29.2 Å². The van der Waals surface area contributed by atoms with E-state index >= 15 is 0 Å². The zero-order valence-electron chi connectivity index (χ0n) is 11.3. The third-order valence-electron chi connectivity index (χ3n) is 3.38. The van der Waals surface area contributed by atoms with Gasteiger partial charge in [-0.2, -0.15) is 5.10 Å². The van der Waals surface area contributed by atoms with Crippen molar-refractivity contribution in [1.29, 1.82) is 0 Å². The number of amides is 1. The van der Waals surface area contributed by atoms with Gasteiger partial charge in [-0.25, -0.2) is 4.68 Å². The zero-order chi connectivity index (χ0) is 14.3. The first kappa shape index (κ1) is 13.1. The molecule has 0 saturated carbocycles. The van der Waals surface area contributed by atoms with Crippen molar-refractivity contribution in [3.63, 3.8) is 0 Å². The highest BCUT2D eigenvalue weighted by Gasteiger charge is 2.29. The molecule has 0 aliphatic carbocycles. The fourth-order valence-corrected chi connectivity index (χ4v) is 2.50. The zero-order valence-corrected chi connectivity index (χ0v) is 12.0. The molecule has 5 nitrogen and oxygen atoms in total. The summed E-state index contributed by atoms with van der Waals surface area (Å²) in [5.74, 6) is -0.0197. The minimum atomic E-state index is -0.271. The van der Waals surface area contributed by atoms with E-state index in [0.29, 0.717) is 5.02 Å². The molecule has 0 saturated heterocycles. The summed E-state index contributed by atoms with van der Waals surface area (Å²) >= 11 is 6.02. The molecule has 0 bridgehead atoms. The van der Waals surface area contributed by atoms with Crippen LogP contribution >= 0.6 is 11.6 Å². The SMILES string of the molecule is CCNC1C(=O)Nc2cc(-n3cc(Cl)c(C)n3)ccc21. The molecule has 1 aromatic carbocycles. The van der Waals surface area contributed by atoms with Gasteiger partial charge in [0.2, 0.25) is 5.91 Å². The number of halogens is 1. The van der Waals surface area contributed by atoms with Crippen molar-refractivity contribution in [2.45, 2.75) is 19.9 Å².